The Bertz CT molecular complexity index is 894. The average molecular weight is 363 g/mol. The highest BCUT2D eigenvalue weighted by Gasteiger charge is 2.32. The highest BCUT2D eigenvalue weighted by atomic mass is 16.5. The maximum atomic E-state index is 5.58. The van der Waals surface area contributed by atoms with Crippen LogP contribution in [0.15, 0.2) is 42.7 Å². The van der Waals surface area contributed by atoms with Gasteiger partial charge in [0.05, 0.1) is 17.4 Å². The highest BCUT2D eigenvalue weighted by Crippen LogP contribution is 2.38. The number of hydrogen-bond acceptors (Lipinski definition) is 4. The van der Waals surface area contributed by atoms with Crippen molar-refractivity contribution >= 4 is 0 Å². The Balaban J connectivity index is 1.48. The van der Waals surface area contributed by atoms with E-state index in [2.05, 4.69) is 38.2 Å². The van der Waals surface area contributed by atoms with Crippen LogP contribution in [0.1, 0.15) is 43.8 Å². The first-order valence-corrected chi connectivity index (χ1v) is 10.0. The molecule has 0 spiro atoms. The lowest BCUT2D eigenvalue weighted by atomic mass is 9.82. The van der Waals surface area contributed by atoms with Crippen LogP contribution in [0.2, 0.25) is 0 Å². The van der Waals surface area contributed by atoms with Gasteiger partial charge in [-0.05, 0) is 43.7 Å². The normalized spacial score (nSPS) is 21.0. The second-order valence-electron chi connectivity index (χ2n) is 7.59. The summed E-state index contributed by atoms with van der Waals surface area (Å²) in [5.74, 6) is 3.29. The molecule has 0 saturated carbocycles. The number of hydrogen-bond donors (Lipinski definition) is 0. The molecule has 2 aliphatic rings. The second kappa shape index (κ2) is 7.27. The first kappa shape index (κ1) is 16.7. The number of aromatic nitrogens is 5. The monoisotopic (exact) mass is 363 g/mol. The van der Waals surface area contributed by atoms with Crippen LogP contribution in [0.25, 0.3) is 17.1 Å². The van der Waals surface area contributed by atoms with Crippen molar-refractivity contribution in [1.82, 2.24) is 24.5 Å². The molecule has 1 aromatic carbocycles. The summed E-state index contributed by atoms with van der Waals surface area (Å²) in [5, 5.41) is 13.8. The molecular formula is C21H25N5O. The van der Waals surface area contributed by atoms with E-state index in [1.165, 1.54) is 25.1 Å². The predicted octanol–water partition coefficient (Wildman–Crippen LogP) is 3.82. The van der Waals surface area contributed by atoms with Gasteiger partial charge in [0.25, 0.3) is 0 Å². The molecule has 0 amide bonds. The van der Waals surface area contributed by atoms with E-state index < -0.39 is 0 Å². The number of nitrogens with zero attached hydrogens (tertiary/aromatic N) is 5. The Labute approximate surface area is 159 Å². The fourth-order valence-electron chi connectivity index (χ4n) is 4.51. The van der Waals surface area contributed by atoms with E-state index in [-0.39, 0.29) is 0 Å². The molecule has 3 aromatic rings. The maximum Gasteiger partial charge on any atom is 0.167 e. The van der Waals surface area contributed by atoms with Crippen LogP contribution >= 0.6 is 0 Å². The third kappa shape index (κ3) is 3.18. The molecule has 4 heterocycles. The summed E-state index contributed by atoms with van der Waals surface area (Å²) in [6.07, 6.45) is 9.89. The van der Waals surface area contributed by atoms with Crippen LogP contribution < -0.4 is 0 Å². The number of para-hydroxylation sites is 1. The zero-order valence-electron chi connectivity index (χ0n) is 15.5. The van der Waals surface area contributed by atoms with Gasteiger partial charge in [0.2, 0.25) is 0 Å². The lowest BCUT2D eigenvalue weighted by molar-refractivity contribution is 0.0556. The van der Waals surface area contributed by atoms with Crippen molar-refractivity contribution in [2.75, 3.05) is 13.2 Å². The van der Waals surface area contributed by atoms with E-state index in [1.54, 1.807) is 0 Å². The first-order valence-electron chi connectivity index (χ1n) is 10.0. The van der Waals surface area contributed by atoms with Crippen LogP contribution in [0.3, 0.4) is 0 Å². The Morgan fingerprint density at radius 3 is 2.67 bits per heavy atom. The lowest BCUT2D eigenvalue weighted by Crippen LogP contribution is -2.23. The number of ether oxygens (including phenoxy) is 1. The van der Waals surface area contributed by atoms with E-state index in [4.69, 9.17) is 4.74 Å². The van der Waals surface area contributed by atoms with Gasteiger partial charge < -0.3 is 9.30 Å². The highest BCUT2D eigenvalue weighted by molar-refractivity contribution is 5.54. The largest absolute Gasteiger partial charge is 0.381 e. The van der Waals surface area contributed by atoms with Gasteiger partial charge in [-0.2, -0.15) is 5.10 Å². The fraction of sp³-hybridized carbons (Fsp3) is 0.476. The van der Waals surface area contributed by atoms with Gasteiger partial charge in [0.1, 0.15) is 5.82 Å². The molecule has 27 heavy (non-hydrogen) atoms. The summed E-state index contributed by atoms with van der Waals surface area (Å²) in [6.45, 7) is 2.76. The predicted molar refractivity (Wildman–Crippen MR) is 103 cm³/mol. The fourth-order valence-corrected chi connectivity index (χ4v) is 4.51. The van der Waals surface area contributed by atoms with E-state index in [1.807, 2.05) is 29.1 Å². The van der Waals surface area contributed by atoms with Crippen molar-refractivity contribution in [3.05, 3.63) is 48.5 Å². The second-order valence-corrected chi connectivity index (χ2v) is 7.59. The first-order chi connectivity index (χ1) is 13.4. The van der Waals surface area contributed by atoms with E-state index >= 15 is 0 Å². The van der Waals surface area contributed by atoms with Crippen LogP contribution in [-0.2, 0) is 11.3 Å². The summed E-state index contributed by atoms with van der Waals surface area (Å²) < 4.78 is 9.83. The van der Waals surface area contributed by atoms with Crippen LogP contribution in [0, 0.1) is 5.92 Å². The minimum atomic E-state index is 0.502. The van der Waals surface area contributed by atoms with Crippen LogP contribution in [-0.4, -0.2) is 37.8 Å². The van der Waals surface area contributed by atoms with Gasteiger partial charge in [-0.15, -0.1) is 10.2 Å². The lowest BCUT2D eigenvalue weighted by Gasteiger charge is -2.28. The van der Waals surface area contributed by atoms with Gasteiger partial charge in [0, 0.05) is 31.9 Å². The maximum absolute atomic E-state index is 5.58. The van der Waals surface area contributed by atoms with Crippen molar-refractivity contribution in [3.8, 4) is 17.1 Å². The van der Waals surface area contributed by atoms with Crippen molar-refractivity contribution < 1.29 is 4.74 Å². The van der Waals surface area contributed by atoms with Gasteiger partial charge in [0.15, 0.2) is 5.82 Å². The van der Waals surface area contributed by atoms with Crippen molar-refractivity contribution in [1.29, 1.82) is 0 Å². The topological polar surface area (TPSA) is 57.8 Å². The molecule has 6 nitrogen and oxygen atoms in total. The van der Waals surface area contributed by atoms with E-state index in [0.29, 0.717) is 11.8 Å². The third-order valence-corrected chi connectivity index (χ3v) is 5.95. The number of rotatable bonds is 3. The minimum absolute atomic E-state index is 0.502. The summed E-state index contributed by atoms with van der Waals surface area (Å²) in [5.41, 5.74) is 2.09. The molecule has 0 aliphatic carbocycles. The average Bonchev–Trinajstić information content (AvgIpc) is 3.32. The quantitative estimate of drug-likeness (QED) is 0.710. The molecule has 0 bridgehead atoms. The Morgan fingerprint density at radius 1 is 0.963 bits per heavy atom. The smallest absolute Gasteiger partial charge is 0.167 e. The molecule has 1 fully saturated rings. The summed E-state index contributed by atoms with van der Waals surface area (Å²) in [4.78, 5) is 0. The van der Waals surface area contributed by atoms with E-state index in [9.17, 15) is 0 Å². The van der Waals surface area contributed by atoms with Gasteiger partial charge in [-0.3, -0.25) is 0 Å². The Kier molecular flexibility index (Phi) is 4.49. The SMILES string of the molecule is c1ccc(-n2cc(-c3nnc4n3CCCCC4C3CCOCC3)cn2)cc1. The molecule has 2 aromatic heterocycles. The van der Waals surface area contributed by atoms with Crippen LogP contribution in [0.4, 0.5) is 0 Å². The molecule has 140 valence electrons. The molecule has 5 rings (SSSR count). The molecule has 0 N–H and O–H groups in total. The van der Waals surface area contributed by atoms with Crippen LogP contribution in [0.5, 0.6) is 0 Å². The van der Waals surface area contributed by atoms with Crippen molar-refractivity contribution in [3.63, 3.8) is 0 Å². The van der Waals surface area contributed by atoms with Crippen molar-refractivity contribution in [2.24, 2.45) is 5.92 Å². The molecule has 1 atom stereocenters. The summed E-state index contributed by atoms with van der Waals surface area (Å²) >= 11 is 0. The summed E-state index contributed by atoms with van der Waals surface area (Å²) in [7, 11) is 0. The number of fused-ring (bicyclic) bond motifs is 1. The molecule has 2 aliphatic heterocycles. The van der Waals surface area contributed by atoms with Gasteiger partial charge in [-0.1, -0.05) is 24.6 Å². The minimum Gasteiger partial charge on any atom is -0.381 e. The van der Waals surface area contributed by atoms with Gasteiger partial charge >= 0.3 is 0 Å². The number of benzene rings is 1. The standard InChI is InChI=1S/C21H25N5O/c1-2-6-18(7-3-1)26-15-17(14-22-26)20-23-24-21-19(8-4-5-11-25(20)21)16-9-12-27-13-10-16/h1-3,6-7,14-16,19H,4-5,8-13H2. The third-order valence-electron chi connectivity index (χ3n) is 5.95. The Hall–Kier alpha value is -2.47. The molecule has 1 saturated heterocycles. The summed E-state index contributed by atoms with van der Waals surface area (Å²) in [6, 6.07) is 10.2. The zero-order chi connectivity index (χ0) is 18.1. The van der Waals surface area contributed by atoms with Crippen molar-refractivity contribution in [2.45, 2.75) is 44.6 Å². The molecule has 0 radical (unpaired) electrons. The molecular weight excluding hydrogens is 338 g/mol. The molecule has 1 unspecified atom stereocenters. The van der Waals surface area contributed by atoms with Gasteiger partial charge in [-0.25, -0.2) is 4.68 Å². The zero-order valence-corrected chi connectivity index (χ0v) is 15.5. The Morgan fingerprint density at radius 2 is 1.81 bits per heavy atom. The molecule has 6 heteroatoms. The van der Waals surface area contributed by atoms with E-state index in [0.717, 1.165) is 49.7 Å².